The van der Waals surface area contributed by atoms with Crippen molar-refractivity contribution in [2.24, 2.45) is 0 Å². The highest BCUT2D eigenvalue weighted by molar-refractivity contribution is 5.62. The summed E-state index contributed by atoms with van der Waals surface area (Å²) in [6.07, 6.45) is -9.70. The van der Waals surface area contributed by atoms with Crippen molar-refractivity contribution < 1.29 is 62.2 Å². The zero-order valence-electron chi connectivity index (χ0n) is 33.5. The van der Waals surface area contributed by atoms with Gasteiger partial charge in [0.1, 0.15) is 34.1 Å². The number of benzene rings is 4. The van der Waals surface area contributed by atoms with Crippen molar-refractivity contribution in [2.45, 2.75) is 138 Å². The Balaban J connectivity index is 1.39. The summed E-state index contributed by atoms with van der Waals surface area (Å²) < 4.78 is 182. The van der Waals surface area contributed by atoms with E-state index in [9.17, 15) is 52.7 Å². The highest BCUT2D eigenvalue weighted by Crippen LogP contribution is 2.55. The molecule has 0 saturated heterocycles. The quantitative estimate of drug-likeness (QED) is 0.137. The van der Waals surface area contributed by atoms with Crippen molar-refractivity contribution in [1.29, 1.82) is 0 Å². The molecule has 3 aliphatic carbocycles. The van der Waals surface area contributed by atoms with Crippen LogP contribution in [0.25, 0.3) is 0 Å². The predicted molar refractivity (Wildman–Crippen MR) is 210 cm³/mol. The van der Waals surface area contributed by atoms with Crippen LogP contribution in [-0.2, 0) is 30.1 Å². The molecule has 0 heterocycles. The van der Waals surface area contributed by atoms with Gasteiger partial charge in [-0.15, -0.1) is 0 Å². The second-order valence-electron chi connectivity index (χ2n) is 16.8. The summed E-state index contributed by atoms with van der Waals surface area (Å²) in [4.78, 5) is 0. The van der Waals surface area contributed by atoms with Gasteiger partial charge in [0.05, 0.1) is 11.1 Å². The normalized spacial score (nSPS) is 18.5. The lowest BCUT2D eigenvalue weighted by atomic mass is 9.60. The predicted octanol–water partition coefficient (Wildman–Crippen LogP) is 15.9. The first kappa shape index (κ1) is 45.3. The molecule has 4 nitrogen and oxygen atoms in total. The first-order valence-corrected chi connectivity index (χ1v) is 20.9. The Labute approximate surface area is 351 Å². The van der Waals surface area contributed by atoms with Gasteiger partial charge in [-0.3, -0.25) is 0 Å². The molecule has 3 saturated carbocycles. The maximum absolute atomic E-state index is 14.4. The molecule has 0 bridgehead atoms. The minimum Gasteiger partial charge on any atom is -0.457 e. The molecule has 4 aromatic rings. The van der Waals surface area contributed by atoms with Gasteiger partial charge >= 0.3 is 24.7 Å². The summed E-state index contributed by atoms with van der Waals surface area (Å²) in [6.45, 7) is 0. The van der Waals surface area contributed by atoms with Crippen LogP contribution in [0.5, 0.6) is 23.0 Å². The number of nitrogens with two attached hydrogens (primary N) is 2. The summed E-state index contributed by atoms with van der Waals surface area (Å²) in [5, 5.41) is 0. The highest BCUT2D eigenvalue weighted by atomic mass is 19.4. The zero-order chi connectivity index (χ0) is 44.8. The minimum atomic E-state index is -5.47. The van der Waals surface area contributed by atoms with E-state index in [0.717, 1.165) is 130 Å². The molecule has 3 fully saturated rings. The molecule has 0 atom stereocenters. The molecule has 4 N–H and O–H groups in total. The number of nitrogen functional groups attached to an aromatic ring is 2. The van der Waals surface area contributed by atoms with Gasteiger partial charge in [-0.2, -0.15) is 52.7 Å². The second kappa shape index (κ2) is 17.1. The fourth-order valence-electron chi connectivity index (χ4n) is 10.2. The molecule has 0 aromatic heterocycles. The lowest BCUT2D eigenvalue weighted by Crippen LogP contribution is -2.34. The summed E-state index contributed by atoms with van der Waals surface area (Å²) in [7, 11) is 0. The average Bonchev–Trinajstić information content (AvgIpc) is 3.21. The molecule has 0 unspecified atom stereocenters. The van der Waals surface area contributed by atoms with Gasteiger partial charge in [-0.05, 0) is 121 Å². The minimum absolute atomic E-state index is 0.0739. The van der Waals surface area contributed by atoms with Crippen LogP contribution in [-0.4, -0.2) is 0 Å². The summed E-state index contributed by atoms with van der Waals surface area (Å²) in [6, 6.07) is 12.7. The van der Waals surface area contributed by atoms with Crippen molar-refractivity contribution in [2.75, 3.05) is 11.5 Å². The Morgan fingerprint density at radius 1 is 0.419 bits per heavy atom. The SMILES string of the molecule is Nc1ccc(Oc2ccc(C3(c4ccc(Oc5ccc(N)c(C(F)(F)F)c5C(F)(F)F)cc4C4CCCCC4)CCCCC3)c(C3CCCCC3)c2)c(C(F)(F)F)c1C(F)(F)F. The Morgan fingerprint density at radius 2 is 0.758 bits per heavy atom. The van der Waals surface area contributed by atoms with Gasteiger partial charge in [-0.1, -0.05) is 69.9 Å². The fraction of sp³-hybridized carbons (Fsp3) is 0.478. The molecule has 0 spiro atoms. The maximum atomic E-state index is 14.4. The van der Waals surface area contributed by atoms with E-state index in [4.69, 9.17) is 20.9 Å². The topological polar surface area (TPSA) is 70.5 Å². The molecule has 16 heteroatoms. The number of hydrogen-bond acceptors (Lipinski definition) is 4. The number of ether oxygens (including phenoxy) is 2. The molecule has 0 radical (unpaired) electrons. The van der Waals surface area contributed by atoms with Crippen molar-refractivity contribution in [1.82, 2.24) is 0 Å². The van der Waals surface area contributed by atoms with Crippen molar-refractivity contribution in [3.8, 4) is 23.0 Å². The van der Waals surface area contributed by atoms with Crippen molar-refractivity contribution in [3.05, 3.63) is 105 Å². The van der Waals surface area contributed by atoms with E-state index >= 15 is 0 Å². The van der Waals surface area contributed by atoms with Crippen LogP contribution in [0.2, 0.25) is 0 Å². The monoisotopic (exact) mass is 886 g/mol. The van der Waals surface area contributed by atoms with Gasteiger partial charge in [0, 0.05) is 16.8 Å². The standard InChI is InChI=1S/C46H46F12N2O2/c47-43(48,49)38-34(59)18-20-36(40(38)45(53,54)55)61-28-14-16-32(30(24-28)26-10-4-1-5-11-26)42(22-8-3-9-23-42)33-17-15-29(25-31(33)27-12-6-2-7-13-27)62-37-21-19-35(60)39(44(50,51)52)41(37)46(56,57)58/h14-21,24-27H,1-13,22-23,59-60H2. The lowest BCUT2D eigenvalue weighted by molar-refractivity contribution is -0.162. The van der Waals surface area contributed by atoms with Gasteiger partial charge in [-0.25, -0.2) is 0 Å². The Hall–Kier alpha value is -4.76. The van der Waals surface area contributed by atoms with Crippen LogP contribution in [0, 0.1) is 0 Å². The number of rotatable bonds is 8. The third-order valence-electron chi connectivity index (χ3n) is 12.9. The smallest absolute Gasteiger partial charge is 0.420 e. The number of anilines is 2. The molecular weight excluding hydrogens is 840 g/mol. The summed E-state index contributed by atoms with van der Waals surface area (Å²) >= 11 is 0. The lowest BCUT2D eigenvalue weighted by Gasteiger charge is -2.43. The Kier molecular flexibility index (Phi) is 12.5. The first-order valence-electron chi connectivity index (χ1n) is 20.9. The van der Waals surface area contributed by atoms with E-state index in [2.05, 4.69) is 0 Å². The van der Waals surface area contributed by atoms with E-state index in [1.807, 2.05) is 0 Å². The van der Waals surface area contributed by atoms with E-state index in [1.165, 1.54) is 12.1 Å². The Bertz CT molecular complexity index is 2090. The van der Waals surface area contributed by atoms with Crippen LogP contribution in [0.4, 0.5) is 64.1 Å². The first-order chi connectivity index (χ1) is 29.1. The number of hydrogen-bond donors (Lipinski definition) is 2. The molecule has 62 heavy (non-hydrogen) atoms. The van der Waals surface area contributed by atoms with E-state index in [-0.39, 0.29) is 23.3 Å². The number of halogens is 12. The van der Waals surface area contributed by atoms with Gasteiger partial charge in [0.25, 0.3) is 0 Å². The molecule has 0 aliphatic heterocycles. The van der Waals surface area contributed by atoms with Gasteiger partial charge in [0.15, 0.2) is 0 Å². The third kappa shape index (κ3) is 9.15. The van der Waals surface area contributed by atoms with Crippen molar-refractivity contribution in [3.63, 3.8) is 0 Å². The zero-order valence-corrected chi connectivity index (χ0v) is 33.5. The fourth-order valence-corrected chi connectivity index (χ4v) is 10.2. The maximum Gasteiger partial charge on any atom is 0.420 e. The third-order valence-corrected chi connectivity index (χ3v) is 12.9. The van der Waals surface area contributed by atoms with Crippen LogP contribution >= 0.6 is 0 Å². The van der Waals surface area contributed by atoms with Crippen LogP contribution in [0.3, 0.4) is 0 Å². The molecule has 3 aliphatic rings. The summed E-state index contributed by atoms with van der Waals surface area (Å²) in [5.74, 6) is -2.45. The van der Waals surface area contributed by atoms with Gasteiger partial charge < -0.3 is 20.9 Å². The second-order valence-corrected chi connectivity index (χ2v) is 16.8. The van der Waals surface area contributed by atoms with Crippen molar-refractivity contribution >= 4 is 11.4 Å². The molecule has 7 rings (SSSR count). The van der Waals surface area contributed by atoms with Gasteiger partial charge in [0.2, 0.25) is 0 Å². The molecule has 4 aromatic carbocycles. The summed E-state index contributed by atoms with van der Waals surface area (Å²) in [5.41, 5.74) is 3.16. The average molecular weight is 887 g/mol. The van der Waals surface area contributed by atoms with E-state index in [0.29, 0.717) is 12.8 Å². The molecule has 336 valence electrons. The largest absolute Gasteiger partial charge is 0.457 e. The Morgan fingerprint density at radius 3 is 1.10 bits per heavy atom. The number of alkyl halides is 12. The van der Waals surface area contributed by atoms with Crippen LogP contribution in [0.15, 0.2) is 60.7 Å². The van der Waals surface area contributed by atoms with Crippen LogP contribution in [0.1, 0.15) is 153 Å². The van der Waals surface area contributed by atoms with Crippen LogP contribution < -0.4 is 20.9 Å². The van der Waals surface area contributed by atoms with E-state index in [1.54, 1.807) is 24.3 Å². The molecular formula is C46H46F12N2O2. The molecule has 0 amide bonds. The highest BCUT2D eigenvalue weighted by Gasteiger charge is 2.49. The van der Waals surface area contributed by atoms with E-state index < -0.39 is 75.2 Å².